The first-order valence-corrected chi connectivity index (χ1v) is 7.03. The number of hydrogen-bond donors (Lipinski definition) is 1. The largest absolute Gasteiger partial charge is 0.350 e. The first kappa shape index (κ1) is 16.2. The van der Waals surface area contributed by atoms with Crippen molar-refractivity contribution in [3.8, 4) is 0 Å². The van der Waals surface area contributed by atoms with Crippen molar-refractivity contribution in [2.45, 2.75) is 46.2 Å². The van der Waals surface area contributed by atoms with Crippen molar-refractivity contribution >= 4 is 11.8 Å². The van der Waals surface area contributed by atoms with Gasteiger partial charge in [0.25, 0.3) is 0 Å². The number of benzene rings is 1. The Balaban J connectivity index is 2.46. The fourth-order valence-corrected chi connectivity index (χ4v) is 2.14. The Morgan fingerprint density at radius 3 is 2.25 bits per heavy atom. The summed E-state index contributed by atoms with van der Waals surface area (Å²) in [6, 6.07) is 9.93. The molecular weight excluding hydrogens is 252 g/mol. The third-order valence-corrected chi connectivity index (χ3v) is 3.28. The molecule has 20 heavy (non-hydrogen) atoms. The van der Waals surface area contributed by atoms with Gasteiger partial charge in [0.2, 0.25) is 11.8 Å². The van der Waals surface area contributed by atoms with Gasteiger partial charge in [0, 0.05) is 25.9 Å². The number of carbonyl (C=O) groups excluding carboxylic acids is 2. The van der Waals surface area contributed by atoms with Gasteiger partial charge in [-0.15, -0.1) is 0 Å². The summed E-state index contributed by atoms with van der Waals surface area (Å²) in [4.78, 5) is 25.1. The SMILES string of the molecule is CC(=O)N(CCC(=O)NC(C)c1ccccc1)C(C)C. The van der Waals surface area contributed by atoms with Crippen LogP contribution in [0.1, 0.15) is 45.7 Å². The highest BCUT2D eigenvalue weighted by Crippen LogP contribution is 2.11. The van der Waals surface area contributed by atoms with Gasteiger partial charge >= 0.3 is 0 Å². The molecule has 0 saturated carbocycles. The zero-order chi connectivity index (χ0) is 15.1. The lowest BCUT2D eigenvalue weighted by Gasteiger charge is -2.25. The summed E-state index contributed by atoms with van der Waals surface area (Å²) >= 11 is 0. The molecule has 1 N–H and O–H groups in total. The summed E-state index contributed by atoms with van der Waals surface area (Å²) in [6.07, 6.45) is 0.328. The van der Waals surface area contributed by atoms with Crippen molar-refractivity contribution in [1.82, 2.24) is 10.2 Å². The van der Waals surface area contributed by atoms with E-state index in [1.807, 2.05) is 51.1 Å². The lowest BCUT2D eigenvalue weighted by molar-refractivity contribution is -0.131. The van der Waals surface area contributed by atoms with Crippen LogP contribution in [0, 0.1) is 0 Å². The predicted octanol–water partition coefficient (Wildman–Crippen LogP) is 2.51. The minimum Gasteiger partial charge on any atom is -0.350 e. The molecule has 0 spiro atoms. The van der Waals surface area contributed by atoms with Gasteiger partial charge in [-0.1, -0.05) is 30.3 Å². The Labute approximate surface area is 121 Å². The fourth-order valence-electron chi connectivity index (χ4n) is 2.14. The maximum atomic E-state index is 11.9. The molecule has 0 aromatic heterocycles. The molecule has 4 nitrogen and oxygen atoms in total. The molecule has 1 aromatic rings. The van der Waals surface area contributed by atoms with Crippen LogP contribution >= 0.6 is 0 Å². The van der Waals surface area contributed by atoms with Crippen LogP contribution in [0.5, 0.6) is 0 Å². The fraction of sp³-hybridized carbons (Fsp3) is 0.500. The summed E-state index contributed by atoms with van der Waals surface area (Å²) in [6.45, 7) is 7.85. The second-order valence-corrected chi connectivity index (χ2v) is 5.26. The van der Waals surface area contributed by atoms with Crippen molar-refractivity contribution in [1.29, 1.82) is 0 Å². The monoisotopic (exact) mass is 276 g/mol. The van der Waals surface area contributed by atoms with E-state index < -0.39 is 0 Å². The van der Waals surface area contributed by atoms with Crippen molar-refractivity contribution in [2.24, 2.45) is 0 Å². The Hall–Kier alpha value is -1.84. The van der Waals surface area contributed by atoms with E-state index in [1.54, 1.807) is 4.90 Å². The number of rotatable bonds is 6. The maximum Gasteiger partial charge on any atom is 0.222 e. The van der Waals surface area contributed by atoms with E-state index in [0.29, 0.717) is 13.0 Å². The van der Waals surface area contributed by atoms with Crippen LogP contribution in [0.4, 0.5) is 0 Å². The molecule has 0 aliphatic heterocycles. The van der Waals surface area contributed by atoms with Gasteiger partial charge in [0.05, 0.1) is 6.04 Å². The van der Waals surface area contributed by atoms with Crippen molar-refractivity contribution in [3.05, 3.63) is 35.9 Å². The summed E-state index contributed by atoms with van der Waals surface area (Å²) in [5.41, 5.74) is 1.08. The Morgan fingerprint density at radius 2 is 1.75 bits per heavy atom. The van der Waals surface area contributed by atoms with E-state index in [2.05, 4.69) is 5.32 Å². The first-order valence-electron chi connectivity index (χ1n) is 7.03. The second kappa shape index (κ2) is 7.68. The topological polar surface area (TPSA) is 49.4 Å². The molecule has 0 saturated heterocycles. The molecule has 1 atom stereocenters. The van der Waals surface area contributed by atoms with Gasteiger partial charge in [-0.3, -0.25) is 9.59 Å². The summed E-state index contributed by atoms with van der Waals surface area (Å²) < 4.78 is 0. The van der Waals surface area contributed by atoms with E-state index in [1.165, 1.54) is 6.92 Å². The van der Waals surface area contributed by atoms with Crippen LogP contribution in [0.25, 0.3) is 0 Å². The van der Waals surface area contributed by atoms with Crippen molar-refractivity contribution < 1.29 is 9.59 Å². The van der Waals surface area contributed by atoms with Crippen LogP contribution in [-0.4, -0.2) is 29.3 Å². The molecule has 1 rings (SSSR count). The highest BCUT2D eigenvalue weighted by Gasteiger charge is 2.15. The van der Waals surface area contributed by atoms with Crippen LogP contribution < -0.4 is 5.32 Å². The zero-order valence-electron chi connectivity index (χ0n) is 12.7. The average Bonchev–Trinajstić information content (AvgIpc) is 2.39. The zero-order valence-corrected chi connectivity index (χ0v) is 12.7. The molecule has 2 amide bonds. The highest BCUT2D eigenvalue weighted by molar-refractivity contribution is 5.78. The number of carbonyl (C=O) groups is 2. The van der Waals surface area contributed by atoms with E-state index in [4.69, 9.17) is 0 Å². The van der Waals surface area contributed by atoms with Crippen molar-refractivity contribution in [3.63, 3.8) is 0 Å². The van der Waals surface area contributed by atoms with Crippen LogP contribution in [0.2, 0.25) is 0 Å². The molecule has 0 aliphatic rings. The standard InChI is InChI=1S/C16H24N2O2/c1-12(2)18(14(4)19)11-10-16(20)17-13(3)15-8-6-5-7-9-15/h5-9,12-13H,10-11H2,1-4H3,(H,17,20). The van der Waals surface area contributed by atoms with Gasteiger partial charge in [0.15, 0.2) is 0 Å². The molecule has 0 aliphatic carbocycles. The number of amides is 2. The number of hydrogen-bond acceptors (Lipinski definition) is 2. The number of nitrogens with one attached hydrogen (secondary N) is 1. The molecule has 0 bridgehead atoms. The summed E-state index contributed by atoms with van der Waals surface area (Å²) in [5, 5.41) is 2.95. The molecule has 1 unspecified atom stereocenters. The van der Waals surface area contributed by atoms with Crippen molar-refractivity contribution in [2.75, 3.05) is 6.54 Å². The van der Waals surface area contributed by atoms with E-state index in [0.717, 1.165) is 5.56 Å². The molecule has 4 heteroatoms. The lowest BCUT2D eigenvalue weighted by Crippen LogP contribution is -2.38. The molecular formula is C16H24N2O2. The highest BCUT2D eigenvalue weighted by atomic mass is 16.2. The summed E-state index contributed by atoms with van der Waals surface area (Å²) in [5.74, 6) is -0.0304. The Morgan fingerprint density at radius 1 is 1.15 bits per heavy atom. The number of nitrogens with zero attached hydrogens (tertiary/aromatic N) is 1. The maximum absolute atomic E-state index is 11.9. The lowest BCUT2D eigenvalue weighted by atomic mass is 10.1. The third kappa shape index (κ3) is 5.03. The molecule has 0 radical (unpaired) electrons. The van der Waals surface area contributed by atoms with Gasteiger partial charge in [-0.2, -0.15) is 0 Å². The molecule has 0 heterocycles. The van der Waals surface area contributed by atoms with Crippen LogP contribution in [-0.2, 0) is 9.59 Å². The van der Waals surface area contributed by atoms with E-state index in [-0.39, 0.29) is 23.9 Å². The third-order valence-electron chi connectivity index (χ3n) is 3.28. The average molecular weight is 276 g/mol. The van der Waals surface area contributed by atoms with Gasteiger partial charge in [-0.25, -0.2) is 0 Å². The second-order valence-electron chi connectivity index (χ2n) is 5.26. The van der Waals surface area contributed by atoms with E-state index in [9.17, 15) is 9.59 Å². The molecule has 0 fully saturated rings. The van der Waals surface area contributed by atoms with Gasteiger partial charge in [0.1, 0.15) is 0 Å². The smallest absolute Gasteiger partial charge is 0.222 e. The molecule has 110 valence electrons. The Kier molecular flexibility index (Phi) is 6.22. The van der Waals surface area contributed by atoms with Gasteiger partial charge < -0.3 is 10.2 Å². The summed E-state index contributed by atoms with van der Waals surface area (Å²) in [7, 11) is 0. The van der Waals surface area contributed by atoms with Crippen LogP contribution in [0.3, 0.4) is 0 Å². The van der Waals surface area contributed by atoms with E-state index >= 15 is 0 Å². The minimum absolute atomic E-state index is 0.00362. The first-order chi connectivity index (χ1) is 9.41. The molecule has 1 aromatic carbocycles. The Bertz CT molecular complexity index is 443. The predicted molar refractivity (Wildman–Crippen MR) is 80.1 cm³/mol. The minimum atomic E-state index is -0.0340. The normalized spacial score (nSPS) is 12.1. The van der Waals surface area contributed by atoms with Gasteiger partial charge in [-0.05, 0) is 26.3 Å². The van der Waals surface area contributed by atoms with Crippen LogP contribution in [0.15, 0.2) is 30.3 Å². The quantitative estimate of drug-likeness (QED) is 0.868.